The Kier molecular flexibility index (Phi) is 5.15. The number of nitrogens with zero attached hydrogens (tertiary/aromatic N) is 2. The Labute approximate surface area is 116 Å². The maximum atomic E-state index is 13.6. The Hall–Kier alpha value is -2.32. The molecule has 1 heterocycles. The Morgan fingerprint density at radius 2 is 2.30 bits per heavy atom. The number of hydrogen-bond donors (Lipinski definition) is 1. The lowest BCUT2D eigenvalue weighted by Gasteiger charge is -2.08. The third-order valence-corrected chi connectivity index (χ3v) is 2.62. The van der Waals surface area contributed by atoms with Crippen LogP contribution in [-0.2, 0) is 6.54 Å². The van der Waals surface area contributed by atoms with Crippen LogP contribution in [0.3, 0.4) is 0 Å². The highest BCUT2D eigenvalue weighted by molar-refractivity contribution is 5.40. The summed E-state index contributed by atoms with van der Waals surface area (Å²) >= 11 is 0. The molecule has 0 aliphatic carbocycles. The van der Waals surface area contributed by atoms with Crippen molar-refractivity contribution in [2.45, 2.75) is 13.0 Å². The summed E-state index contributed by atoms with van der Waals surface area (Å²) in [6.45, 7) is 0.954. The minimum atomic E-state index is -0.415. The standard InChI is InChI=1S/C15H15FN2O2/c16-14-5-4-13(3-1-9-19)11-15(14)20-10-2-7-18-8-6-17-12-18/h4-6,8,11-12,19H,2,7,9-10H2. The Bertz CT molecular complexity index is 600. The van der Waals surface area contributed by atoms with Gasteiger partial charge in [-0.25, -0.2) is 9.37 Å². The predicted octanol–water partition coefficient (Wildman–Crippen LogP) is 1.84. The van der Waals surface area contributed by atoms with E-state index in [4.69, 9.17) is 9.84 Å². The number of ether oxygens (including phenoxy) is 1. The van der Waals surface area contributed by atoms with Crippen molar-refractivity contribution < 1.29 is 14.2 Å². The molecular weight excluding hydrogens is 259 g/mol. The van der Waals surface area contributed by atoms with Gasteiger partial charge in [0.1, 0.15) is 6.61 Å². The van der Waals surface area contributed by atoms with Gasteiger partial charge in [0.2, 0.25) is 0 Å². The summed E-state index contributed by atoms with van der Waals surface area (Å²) in [5, 5.41) is 8.63. The van der Waals surface area contributed by atoms with E-state index in [0.29, 0.717) is 12.2 Å². The SMILES string of the molecule is OCC#Cc1ccc(F)c(OCCCn2ccnc2)c1. The fourth-order valence-corrected chi connectivity index (χ4v) is 1.68. The van der Waals surface area contributed by atoms with Crippen LogP contribution < -0.4 is 4.74 Å². The van der Waals surface area contributed by atoms with Gasteiger partial charge in [-0.2, -0.15) is 0 Å². The highest BCUT2D eigenvalue weighted by atomic mass is 19.1. The number of rotatable bonds is 5. The summed E-state index contributed by atoms with van der Waals surface area (Å²) in [7, 11) is 0. The fraction of sp³-hybridized carbons (Fsp3) is 0.267. The molecule has 20 heavy (non-hydrogen) atoms. The first-order chi connectivity index (χ1) is 9.79. The fourth-order valence-electron chi connectivity index (χ4n) is 1.68. The third kappa shape index (κ3) is 4.11. The van der Waals surface area contributed by atoms with E-state index in [9.17, 15) is 4.39 Å². The van der Waals surface area contributed by atoms with Gasteiger partial charge in [0, 0.05) is 24.5 Å². The molecule has 0 spiro atoms. The van der Waals surface area contributed by atoms with E-state index in [-0.39, 0.29) is 12.4 Å². The number of imidazole rings is 1. The minimum Gasteiger partial charge on any atom is -0.490 e. The zero-order chi connectivity index (χ0) is 14.2. The maximum absolute atomic E-state index is 13.6. The Balaban J connectivity index is 1.88. The second kappa shape index (κ2) is 7.31. The molecule has 0 unspecified atom stereocenters. The van der Waals surface area contributed by atoms with Crippen molar-refractivity contribution in [1.29, 1.82) is 0 Å². The molecule has 1 aromatic carbocycles. The summed E-state index contributed by atoms with van der Waals surface area (Å²) in [6.07, 6.45) is 6.06. The van der Waals surface area contributed by atoms with Gasteiger partial charge >= 0.3 is 0 Å². The van der Waals surface area contributed by atoms with Crippen molar-refractivity contribution in [1.82, 2.24) is 9.55 Å². The molecule has 5 heteroatoms. The van der Waals surface area contributed by atoms with Crippen LogP contribution in [0.1, 0.15) is 12.0 Å². The first kappa shape index (κ1) is 14.1. The minimum absolute atomic E-state index is 0.181. The molecule has 2 aromatic rings. The average molecular weight is 274 g/mol. The van der Waals surface area contributed by atoms with E-state index >= 15 is 0 Å². The summed E-state index contributed by atoms with van der Waals surface area (Å²) in [6, 6.07) is 4.40. The first-order valence-corrected chi connectivity index (χ1v) is 6.27. The number of aryl methyl sites for hydroxylation is 1. The maximum Gasteiger partial charge on any atom is 0.165 e. The van der Waals surface area contributed by atoms with Gasteiger partial charge in [0.25, 0.3) is 0 Å². The second-order valence-electron chi connectivity index (χ2n) is 4.11. The number of aliphatic hydroxyl groups excluding tert-OH is 1. The van der Waals surface area contributed by atoms with Crippen molar-refractivity contribution in [3.05, 3.63) is 48.3 Å². The average Bonchev–Trinajstić information content (AvgIpc) is 2.97. The van der Waals surface area contributed by atoms with Crippen molar-refractivity contribution >= 4 is 0 Å². The van der Waals surface area contributed by atoms with Gasteiger partial charge in [-0.3, -0.25) is 0 Å². The van der Waals surface area contributed by atoms with E-state index in [1.165, 1.54) is 12.1 Å². The van der Waals surface area contributed by atoms with Crippen LogP contribution in [0.25, 0.3) is 0 Å². The molecule has 0 aliphatic rings. The number of aromatic nitrogens is 2. The molecule has 2 rings (SSSR count). The van der Waals surface area contributed by atoms with Gasteiger partial charge in [-0.1, -0.05) is 11.8 Å². The van der Waals surface area contributed by atoms with Gasteiger partial charge < -0.3 is 14.4 Å². The number of benzene rings is 1. The van der Waals surface area contributed by atoms with Crippen LogP contribution in [0.2, 0.25) is 0 Å². The summed E-state index contributed by atoms with van der Waals surface area (Å²) < 4.78 is 20.9. The molecule has 1 aromatic heterocycles. The normalized spacial score (nSPS) is 9.90. The lowest BCUT2D eigenvalue weighted by molar-refractivity contribution is 0.287. The van der Waals surface area contributed by atoms with Crippen molar-refractivity contribution in [3.8, 4) is 17.6 Å². The topological polar surface area (TPSA) is 47.3 Å². The Morgan fingerprint density at radius 3 is 3.05 bits per heavy atom. The molecule has 4 nitrogen and oxygen atoms in total. The van der Waals surface area contributed by atoms with Crippen LogP contribution in [0, 0.1) is 17.7 Å². The lowest BCUT2D eigenvalue weighted by atomic mass is 10.2. The second-order valence-corrected chi connectivity index (χ2v) is 4.11. The zero-order valence-electron chi connectivity index (χ0n) is 10.9. The Morgan fingerprint density at radius 1 is 1.40 bits per heavy atom. The van der Waals surface area contributed by atoms with Crippen LogP contribution in [0.15, 0.2) is 36.9 Å². The van der Waals surface area contributed by atoms with E-state index in [1.807, 2.05) is 10.8 Å². The molecule has 0 fully saturated rings. The number of aliphatic hydroxyl groups is 1. The van der Waals surface area contributed by atoms with Gasteiger partial charge in [0.05, 0.1) is 12.9 Å². The molecule has 0 radical (unpaired) electrons. The molecular formula is C15H15FN2O2. The zero-order valence-corrected chi connectivity index (χ0v) is 10.9. The largest absolute Gasteiger partial charge is 0.490 e. The summed E-state index contributed by atoms with van der Waals surface area (Å²) in [5.74, 6) is 5.00. The van der Waals surface area contributed by atoms with Gasteiger partial charge in [-0.15, -0.1) is 0 Å². The van der Waals surface area contributed by atoms with Crippen LogP contribution in [0.4, 0.5) is 4.39 Å². The molecule has 0 atom stereocenters. The van der Waals surface area contributed by atoms with Gasteiger partial charge in [-0.05, 0) is 24.6 Å². The van der Waals surface area contributed by atoms with E-state index in [2.05, 4.69) is 16.8 Å². The quantitative estimate of drug-likeness (QED) is 0.668. The number of hydrogen-bond acceptors (Lipinski definition) is 3. The van der Waals surface area contributed by atoms with Gasteiger partial charge in [0.15, 0.2) is 11.6 Å². The van der Waals surface area contributed by atoms with Crippen LogP contribution >= 0.6 is 0 Å². The van der Waals surface area contributed by atoms with Crippen LogP contribution in [0.5, 0.6) is 5.75 Å². The van der Waals surface area contributed by atoms with Crippen molar-refractivity contribution in [2.75, 3.05) is 13.2 Å². The third-order valence-electron chi connectivity index (χ3n) is 2.62. The molecule has 104 valence electrons. The number of halogens is 1. The van der Waals surface area contributed by atoms with E-state index in [1.54, 1.807) is 18.6 Å². The van der Waals surface area contributed by atoms with E-state index in [0.717, 1.165) is 13.0 Å². The predicted molar refractivity (Wildman–Crippen MR) is 72.7 cm³/mol. The molecule has 0 amide bonds. The van der Waals surface area contributed by atoms with E-state index < -0.39 is 5.82 Å². The highest BCUT2D eigenvalue weighted by Gasteiger charge is 2.04. The smallest absolute Gasteiger partial charge is 0.165 e. The molecule has 0 saturated carbocycles. The van der Waals surface area contributed by atoms with Crippen molar-refractivity contribution in [2.24, 2.45) is 0 Å². The molecule has 0 bridgehead atoms. The summed E-state index contributed by atoms with van der Waals surface area (Å²) in [5.41, 5.74) is 0.616. The monoisotopic (exact) mass is 274 g/mol. The highest BCUT2D eigenvalue weighted by Crippen LogP contribution is 2.18. The van der Waals surface area contributed by atoms with Crippen LogP contribution in [-0.4, -0.2) is 27.9 Å². The molecule has 0 aliphatic heterocycles. The first-order valence-electron chi connectivity index (χ1n) is 6.27. The summed E-state index contributed by atoms with van der Waals surface area (Å²) in [4.78, 5) is 3.94. The lowest BCUT2D eigenvalue weighted by Crippen LogP contribution is -2.04. The molecule has 0 saturated heterocycles. The van der Waals surface area contributed by atoms with Crippen molar-refractivity contribution in [3.63, 3.8) is 0 Å². The molecule has 1 N–H and O–H groups in total.